The molecule has 0 unspecified atom stereocenters. The van der Waals surface area contributed by atoms with Crippen molar-refractivity contribution in [1.29, 1.82) is 0 Å². The maximum atomic E-state index is 13.8. The third-order valence-electron chi connectivity index (χ3n) is 9.11. The normalized spacial score (nSPS) is 17.2. The predicted molar refractivity (Wildman–Crippen MR) is 173 cm³/mol. The number of allylic oxidation sites excluding steroid dienone is 4. The molecular formula is C38H34ClNO4. The second kappa shape index (κ2) is 12.0. The molecule has 0 spiro atoms. The molecule has 0 bridgehead atoms. The van der Waals surface area contributed by atoms with E-state index in [9.17, 15) is 9.59 Å². The number of halogens is 1. The average Bonchev–Trinajstić information content (AvgIpc) is 3.05. The largest absolute Gasteiger partial charge is 0.493 e. The van der Waals surface area contributed by atoms with Crippen LogP contribution in [0, 0.1) is 0 Å². The van der Waals surface area contributed by atoms with E-state index in [1.807, 2.05) is 54.6 Å². The van der Waals surface area contributed by atoms with E-state index in [4.69, 9.17) is 21.1 Å². The molecule has 6 heteroatoms. The van der Waals surface area contributed by atoms with Gasteiger partial charge in [-0.3, -0.25) is 9.59 Å². The fourth-order valence-electron chi connectivity index (χ4n) is 7.12. The topological polar surface area (TPSA) is 55.8 Å². The number of nitrogens with zero attached hydrogens (tertiary/aromatic N) is 1. The van der Waals surface area contributed by atoms with Gasteiger partial charge in [-0.2, -0.15) is 0 Å². The van der Waals surface area contributed by atoms with Gasteiger partial charge in [0, 0.05) is 47.8 Å². The molecule has 222 valence electrons. The van der Waals surface area contributed by atoms with Crippen molar-refractivity contribution in [2.75, 3.05) is 7.11 Å². The molecule has 1 aliphatic heterocycles. The summed E-state index contributed by atoms with van der Waals surface area (Å²) in [6.45, 7) is 0.951. The summed E-state index contributed by atoms with van der Waals surface area (Å²) < 4.78 is 12.1. The first-order valence-corrected chi connectivity index (χ1v) is 15.7. The highest BCUT2D eigenvalue weighted by Gasteiger charge is 2.43. The number of fused-ring (bicyclic) bond motifs is 1. The van der Waals surface area contributed by atoms with Crippen LogP contribution < -0.4 is 9.47 Å². The highest BCUT2D eigenvalue weighted by Crippen LogP contribution is 2.51. The molecule has 0 N–H and O–H groups in total. The Kier molecular flexibility index (Phi) is 7.73. The molecule has 0 saturated heterocycles. The first kappa shape index (κ1) is 28.4. The van der Waals surface area contributed by atoms with Gasteiger partial charge in [0.25, 0.3) is 0 Å². The Morgan fingerprint density at radius 1 is 0.795 bits per heavy atom. The smallest absolute Gasteiger partial charge is 0.180 e. The van der Waals surface area contributed by atoms with Crippen molar-refractivity contribution < 1.29 is 19.1 Å². The summed E-state index contributed by atoms with van der Waals surface area (Å²) in [6.07, 6.45) is 4.15. The maximum absolute atomic E-state index is 13.8. The Morgan fingerprint density at radius 2 is 1.45 bits per heavy atom. The number of hydrogen-bond donors (Lipinski definition) is 0. The molecule has 2 aliphatic carbocycles. The summed E-state index contributed by atoms with van der Waals surface area (Å²) in [4.78, 5) is 29.8. The fourth-order valence-corrected chi connectivity index (χ4v) is 7.40. The van der Waals surface area contributed by atoms with Crippen LogP contribution in [-0.2, 0) is 22.7 Å². The van der Waals surface area contributed by atoms with Gasteiger partial charge in [0.15, 0.2) is 23.1 Å². The Hall–Kier alpha value is -4.35. The Bertz CT molecular complexity index is 1790. The van der Waals surface area contributed by atoms with Crippen LogP contribution in [0.5, 0.6) is 11.5 Å². The third kappa shape index (κ3) is 5.09. The zero-order valence-corrected chi connectivity index (χ0v) is 25.5. The van der Waals surface area contributed by atoms with Crippen LogP contribution >= 0.6 is 11.6 Å². The molecule has 0 saturated carbocycles. The van der Waals surface area contributed by atoms with Crippen molar-refractivity contribution in [3.05, 3.63) is 129 Å². The molecular weight excluding hydrogens is 570 g/mol. The summed E-state index contributed by atoms with van der Waals surface area (Å²) in [5.41, 5.74) is 6.51. The summed E-state index contributed by atoms with van der Waals surface area (Å²) in [6, 6.07) is 28.4. The van der Waals surface area contributed by atoms with Gasteiger partial charge in [-0.25, -0.2) is 0 Å². The molecule has 1 heterocycles. The highest BCUT2D eigenvalue weighted by molar-refractivity contribution is 6.32. The van der Waals surface area contributed by atoms with E-state index < -0.39 is 5.92 Å². The maximum Gasteiger partial charge on any atom is 0.180 e. The van der Waals surface area contributed by atoms with Crippen molar-refractivity contribution in [3.8, 4) is 11.5 Å². The van der Waals surface area contributed by atoms with Gasteiger partial charge in [-0.15, -0.1) is 0 Å². The van der Waals surface area contributed by atoms with E-state index in [2.05, 4.69) is 35.2 Å². The fraction of sp³-hybridized carbons (Fsp3) is 0.263. The molecule has 3 aliphatic rings. The second-order valence-electron chi connectivity index (χ2n) is 11.7. The number of carbonyl (C=O) groups excluding carboxylic acids is 2. The molecule has 0 atom stereocenters. The highest BCUT2D eigenvalue weighted by atomic mass is 35.5. The molecule has 0 amide bonds. The monoisotopic (exact) mass is 603 g/mol. The van der Waals surface area contributed by atoms with Crippen molar-refractivity contribution in [2.45, 2.75) is 57.6 Å². The Morgan fingerprint density at radius 3 is 2.16 bits per heavy atom. The number of methoxy groups -OCH3 is 1. The minimum absolute atomic E-state index is 0.102. The lowest BCUT2D eigenvalue weighted by molar-refractivity contribution is -0.117. The van der Waals surface area contributed by atoms with Crippen LogP contribution in [0.1, 0.15) is 61.1 Å². The lowest BCUT2D eigenvalue weighted by atomic mass is 9.71. The summed E-state index contributed by atoms with van der Waals surface area (Å²) >= 11 is 6.96. The van der Waals surface area contributed by atoms with Crippen LogP contribution in [0.25, 0.3) is 10.8 Å². The number of ether oxygens (including phenoxy) is 2. The molecule has 4 aromatic rings. The molecule has 4 aromatic carbocycles. The SMILES string of the molecule is COc1cc(C2C3=C(CCCC3=O)N(Cc3ccccc3)C3=C2C(=O)CCC3)cc(Cl)c1OCc1cccc2ccccc12. The molecule has 5 nitrogen and oxygen atoms in total. The van der Waals surface area contributed by atoms with Gasteiger partial charge in [0.1, 0.15) is 6.61 Å². The van der Waals surface area contributed by atoms with Gasteiger partial charge in [0.2, 0.25) is 0 Å². The van der Waals surface area contributed by atoms with Crippen LogP contribution in [-0.4, -0.2) is 23.6 Å². The van der Waals surface area contributed by atoms with E-state index in [1.54, 1.807) is 7.11 Å². The quantitative estimate of drug-likeness (QED) is 0.211. The van der Waals surface area contributed by atoms with Gasteiger partial charge < -0.3 is 14.4 Å². The van der Waals surface area contributed by atoms with E-state index in [1.165, 1.54) is 0 Å². The van der Waals surface area contributed by atoms with E-state index in [0.717, 1.165) is 75.7 Å². The summed E-state index contributed by atoms with van der Waals surface area (Å²) in [5.74, 6) is 0.651. The van der Waals surface area contributed by atoms with Crippen LogP contribution in [0.3, 0.4) is 0 Å². The number of hydrogen-bond acceptors (Lipinski definition) is 5. The molecule has 0 radical (unpaired) electrons. The third-order valence-corrected chi connectivity index (χ3v) is 9.39. The van der Waals surface area contributed by atoms with E-state index in [-0.39, 0.29) is 11.6 Å². The summed E-state index contributed by atoms with van der Waals surface area (Å²) in [5, 5.41) is 2.65. The van der Waals surface area contributed by atoms with Crippen LogP contribution in [0.2, 0.25) is 5.02 Å². The lowest BCUT2D eigenvalue weighted by Gasteiger charge is -2.44. The minimum Gasteiger partial charge on any atom is -0.493 e. The summed E-state index contributed by atoms with van der Waals surface area (Å²) in [7, 11) is 1.59. The molecule has 0 fully saturated rings. The van der Waals surface area contributed by atoms with Gasteiger partial charge in [-0.1, -0.05) is 84.4 Å². The van der Waals surface area contributed by atoms with Gasteiger partial charge in [-0.05, 0) is 65.3 Å². The second-order valence-corrected chi connectivity index (χ2v) is 12.1. The number of carbonyl (C=O) groups is 2. The number of ketones is 2. The van der Waals surface area contributed by atoms with Crippen molar-refractivity contribution in [3.63, 3.8) is 0 Å². The predicted octanol–water partition coefficient (Wildman–Crippen LogP) is 8.69. The Balaban J connectivity index is 1.30. The van der Waals surface area contributed by atoms with Gasteiger partial charge in [0.05, 0.1) is 12.1 Å². The first-order valence-electron chi connectivity index (χ1n) is 15.3. The van der Waals surface area contributed by atoms with E-state index in [0.29, 0.717) is 42.5 Å². The standard InChI is InChI=1S/C38H34ClNO4/c1-43-34-21-27(20-29(39)38(34)44-23-26-14-7-13-25-12-5-6-15-28(25)26)35-36-30(16-8-18-32(36)41)40(22-24-10-3-2-4-11-24)31-17-9-19-33(42)37(31)35/h2-7,10-15,20-21,35H,8-9,16-19,22-23H2,1H3. The van der Waals surface area contributed by atoms with Crippen LogP contribution in [0.4, 0.5) is 0 Å². The lowest BCUT2D eigenvalue weighted by Crippen LogP contribution is -2.38. The minimum atomic E-state index is -0.480. The van der Waals surface area contributed by atoms with Crippen LogP contribution in [0.15, 0.2) is 107 Å². The zero-order chi connectivity index (χ0) is 30.2. The average molecular weight is 604 g/mol. The molecule has 0 aromatic heterocycles. The zero-order valence-electron chi connectivity index (χ0n) is 24.8. The van der Waals surface area contributed by atoms with Crippen molar-refractivity contribution in [2.24, 2.45) is 0 Å². The van der Waals surface area contributed by atoms with Crippen molar-refractivity contribution >= 4 is 33.9 Å². The number of Topliss-reactive ketones (excluding diaryl/α,β-unsaturated/α-hetero) is 2. The van der Waals surface area contributed by atoms with Gasteiger partial charge >= 0.3 is 0 Å². The number of rotatable bonds is 7. The number of benzene rings is 4. The van der Waals surface area contributed by atoms with Crippen molar-refractivity contribution in [1.82, 2.24) is 4.90 Å². The van der Waals surface area contributed by atoms with E-state index >= 15 is 0 Å². The molecule has 7 rings (SSSR count). The molecule has 44 heavy (non-hydrogen) atoms. The Labute approximate surface area is 262 Å². The first-order chi connectivity index (χ1) is 21.5.